The van der Waals surface area contributed by atoms with E-state index >= 15 is 0 Å². The van der Waals surface area contributed by atoms with E-state index in [-0.39, 0.29) is 11.5 Å². The predicted octanol–water partition coefficient (Wildman–Crippen LogP) is 5.03. The Morgan fingerprint density at radius 3 is 2.50 bits per heavy atom. The van der Waals surface area contributed by atoms with E-state index in [2.05, 4.69) is 9.56 Å². The van der Waals surface area contributed by atoms with Crippen LogP contribution in [0.4, 0.5) is 5.69 Å². The number of hydrogen-bond donors (Lipinski definition) is 1. The van der Waals surface area contributed by atoms with Crippen LogP contribution in [0.1, 0.15) is 50.2 Å². The molecule has 3 aromatic rings. The van der Waals surface area contributed by atoms with Gasteiger partial charge in [-0.1, -0.05) is 6.07 Å². The number of carbonyl (C=O) groups is 2. The largest absolute Gasteiger partial charge is 0.478 e. The summed E-state index contributed by atoms with van der Waals surface area (Å²) in [6.07, 6.45) is 1.77. The molecule has 0 fully saturated rings. The Kier molecular flexibility index (Phi) is 6.16. The zero-order valence-corrected chi connectivity index (χ0v) is 17.5. The maximum atomic E-state index is 12.1. The van der Waals surface area contributed by atoms with Crippen molar-refractivity contribution < 1.29 is 19.4 Å². The van der Waals surface area contributed by atoms with E-state index in [0.717, 1.165) is 28.2 Å². The number of carboxylic acid groups (broad SMARTS) is 1. The molecule has 6 heteroatoms. The van der Waals surface area contributed by atoms with Crippen LogP contribution < -0.4 is 0 Å². The lowest BCUT2D eigenvalue weighted by Crippen LogP contribution is -2.06. The average molecular weight is 404 g/mol. The van der Waals surface area contributed by atoms with Gasteiger partial charge in [-0.25, -0.2) is 9.59 Å². The second-order valence-corrected chi connectivity index (χ2v) is 7.00. The first-order valence-electron chi connectivity index (χ1n) is 9.66. The fourth-order valence-electron chi connectivity index (χ4n) is 3.37. The fourth-order valence-corrected chi connectivity index (χ4v) is 3.37. The third-order valence-corrected chi connectivity index (χ3v) is 4.87. The van der Waals surface area contributed by atoms with Gasteiger partial charge in [0.15, 0.2) is 0 Å². The molecule has 6 nitrogen and oxygen atoms in total. The number of aryl methyl sites for hydroxylation is 2. The average Bonchev–Trinajstić information content (AvgIpc) is 3.00. The molecular formula is C24H24N2O4. The molecule has 1 heterocycles. The molecule has 0 radical (unpaired) electrons. The lowest BCUT2D eigenvalue weighted by atomic mass is 10.1. The normalized spacial score (nSPS) is 11.1. The lowest BCUT2D eigenvalue weighted by Gasteiger charge is -2.11. The standard InChI is InChI=1S/C24H24N2O4/c1-5-30-24(29)19-7-6-8-21(13-19)26-16(3)12-20(17(26)4)14-25-22-10-9-18(23(27)28)11-15(22)2/h6-14H,5H2,1-4H3,(H,27,28). The van der Waals surface area contributed by atoms with Crippen LogP contribution in [0, 0.1) is 20.8 Å². The summed E-state index contributed by atoms with van der Waals surface area (Å²) in [7, 11) is 0. The van der Waals surface area contributed by atoms with Crippen molar-refractivity contribution in [2.45, 2.75) is 27.7 Å². The van der Waals surface area contributed by atoms with E-state index in [1.807, 2.05) is 45.0 Å². The van der Waals surface area contributed by atoms with Crippen molar-refractivity contribution in [2.24, 2.45) is 4.99 Å². The number of ether oxygens (including phenoxy) is 1. The molecule has 0 spiro atoms. The van der Waals surface area contributed by atoms with Crippen molar-refractivity contribution >= 4 is 23.8 Å². The minimum Gasteiger partial charge on any atom is -0.478 e. The van der Waals surface area contributed by atoms with Gasteiger partial charge in [-0.2, -0.15) is 0 Å². The third-order valence-electron chi connectivity index (χ3n) is 4.87. The van der Waals surface area contributed by atoms with Gasteiger partial charge in [-0.05, 0) is 75.7 Å². The number of hydrogen-bond acceptors (Lipinski definition) is 4. The van der Waals surface area contributed by atoms with Crippen molar-refractivity contribution in [3.8, 4) is 5.69 Å². The van der Waals surface area contributed by atoms with E-state index in [9.17, 15) is 9.59 Å². The van der Waals surface area contributed by atoms with E-state index in [0.29, 0.717) is 17.9 Å². The van der Waals surface area contributed by atoms with Crippen LogP contribution in [-0.4, -0.2) is 34.4 Å². The summed E-state index contributed by atoms with van der Waals surface area (Å²) in [5, 5.41) is 9.10. The van der Waals surface area contributed by atoms with Gasteiger partial charge in [0.25, 0.3) is 0 Å². The van der Waals surface area contributed by atoms with Crippen molar-refractivity contribution in [2.75, 3.05) is 6.61 Å². The number of carboxylic acids is 1. The van der Waals surface area contributed by atoms with Gasteiger partial charge in [0.05, 0.1) is 23.4 Å². The molecule has 1 aromatic heterocycles. The number of carbonyl (C=O) groups excluding carboxylic acids is 1. The first-order chi connectivity index (χ1) is 14.3. The topological polar surface area (TPSA) is 80.9 Å². The zero-order chi connectivity index (χ0) is 21.8. The quantitative estimate of drug-likeness (QED) is 0.462. The summed E-state index contributed by atoms with van der Waals surface area (Å²) in [5.41, 5.74) is 6.06. The second kappa shape index (κ2) is 8.78. The summed E-state index contributed by atoms with van der Waals surface area (Å²) in [6, 6.07) is 14.2. The van der Waals surface area contributed by atoms with Crippen LogP contribution in [0.5, 0.6) is 0 Å². The molecule has 0 aliphatic carbocycles. The SMILES string of the molecule is CCOC(=O)c1cccc(-n2c(C)cc(C=Nc3ccc(C(=O)O)cc3C)c2C)c1. The van der Waals surface area contributed by atoms with Crippen molar-refractivity contribution in [3.05, 3.63) is 82.2 Å². The Balaban J connectivity index is 1.93. The fraction of sp³-hybridized carbons (Fsp3) is 0.208. The van der Waals surface area contributed by atoms with Crippen molar-refractivity contribution in [3.63, 3.8) is 0 Å². The van der Waals surface area contributed by atoms with Crippen LogP contribution in [0.3, 0.4) is 0 Å². The molecule has 1 N–H and O–H groups in total. The summed E-state index contributed by atoms with van der Waals surface area (Å²) < 4.78 is 7.16. The van der Waals surface area contributed by atoms with Crippen LogP contribution >= 0.6 is 0 Å². The van der Waals surface area contributed by atoms with Gasteiger partial charge in [0.1, 0.15) is 0 Å². The van der Waals surface area contributed by atoms with Gasteiger partial charge in [0, 0.05) is 28.9 Å². The predicted molar refractivity (Wildman–Crippen MR) is 117 cm³/mol. The summed E-state index contributed by atoms with van der Waals surface area (Å²) in [5.74, 6) is -1.30. The van der Waals surface area contributed by atoms with Crippen LogP contribution in [0.2, 0.25) is 0 Å². The molecule has 30 heavy (non-hydrogen) atoms. The monoisotopic (exact) mass is 404 g/mol. The summed E-state index contributed by atoms with van der Waals surface area (Å²) in [4.78, 5) is 27.7. The zero-order valence-electron chi connectivity index (χ0n) is 17.5. The van der Waals surface area contributed by atoms with Gasteiger partial charge >= 0.3 is 11.9 Å². The lowest BCUT2D eigenvalue weighted by molar-refractivity contribution is 0.0525. The first kappa shape index (κ1) is 21.0. The second-order valence-electron chi connectivity index (χ2n) is 7.00. The molecule has 0 amide bonds. The van der Waals surface area contributed by atoms with E-state index < -0.39 is 5.97 Å². The minimum absolute atomic E-state index is 0.242. The Labute approximate surface area is 175 Å². The molecule has 2 aromatic carbocycles. The smallest absolute Gasteiger partial charge is 0.338 e. The van der Waals surface area contributed by atoms with E-state index in [1.165, 1.54) is 0 Å². The molecule has 0 aliphatic rings. The number of esters is 1. The van der Waals surface area contributed by atoms with Crippen LogP contribution in [-0.2, 0) is 4.74 Å². The van der Waals surface area contributed by atoms with Gasteiger partial charge < -0.3 is 14.4 Å². The number of nitrogens with zero attached hydrogens (tertiary/aromatic N) is 2. The first-order valence-corrected chi connectivity index (χ1v) is 9.66. The summed E-state index contributed by atoms with van der Waals surface area (Å²) >= 11 is 0. The van der Waals surface area contributed by atoms with Gasteiger partial charge in [0.2, 0.25) is 0 Å². The van der Waals surface area contributed by atoms with E-state index in [1.54, 1.807) is 37.4 Å². The highest BCUT2D eigenvalue weighted by Gasteiger charge is 2.13. The molecule has 0 aliphatic heterocycles. The maximum absolute atomic E-state index is 12.1. The van der Waals surface area contributed by atoms with Gasteiger partial charge in [-0.15, -0.1) is 0 Å². The highest BCUT2D eigenvalue weighted by atomic mass is 16.5. The molecule has 3 rings (SSSR count). The molecular weight excluding hydrogens is 380 g/mol. The Morgan fingerprint density at radius 1 is 1.07 bits per heavy atom. The minimum atomic E-state index is -0.956. The molecule has 154 valence electrons. The molecule has 0 unspecified atom stereocenters. The van der Waals surface area contributed by atoms with Gasteiger partial charge in [-0.3, -0.25) is 4.99 Å². The number of benzene rings is 2. The maximum Gasteiger partial charge on any atom is 0.338 e. The van der Waals surface area contributed by atoms with Crippen molar-refractivity contribution in [1.82, 2.24) is 4.57 Å². The molecule has 0 atom stereocenters. The Hall–Kier alpha value is -3.67. The van der Waals surface area contributed by atoms with Crippen LogP contribution in [0.15, 0.2) is 53.5 Å². The summed E-state index contributed by atoms with van der Waals surface area (Å²) in [6.45, 7) is 7.94. The molecule has 0 saturated carbocycles. The van der Waals surface area contributed by atoms with Crippen molar-refractivity contribution in [1.29, 1.82) is 0 Å². The highest BCUT2D eigenvalue weighted by molar-refractivity contribution is 5.90. The number of rotatable bonds is 6. The number of aromatic carboxylic acids is 1. The number of aliphatic imine (C=N–C) groups is 1. The third kappa shape index (κ3) is 4.33. The Morgan fingerprint density at radius 2 is 1.83 bits per heavy atom. The van der Waals surface area contributed by atoms with Crippen LogP contribution in [0.25, 0.3) is 5.69 Å². The molecule has 0 saturated heterocycles. The van der Waals surface area contributed by atoms with E-state index in [4.69, 9.17) is 9.84 Å². The molecule has 0 bridgehead atoms. The number of aromatic nitrogens is 1. The highest BCUT2D eigenvalue weighted by Crippen LogP contribution is 2.23. The Bertz CT molecular complexity index is 1140.